The van der Waals surface area contributed by atoms with Crippen LogP contribution in [0.1, 0.15) is 24.6 Å². The van der Waals surface area contributed by atoms with Crippen molar-refractivity contribution < 1.29 is 23.8 Å². The molecule has 0 saturated heterocycles. The first-order valence-electron chi connectivity index (χ1n) is 9.74. The Bertz CT molecular complexity index is 1130. The lowest BCUT2D eigenvalue weighted by Gasteiger charge is -2.43. The molecule has 1 unspecified atom stereocenters. The fourth-order valence-corrected chi connectivity index (χ4v) is 4.83. The summed E-state index contributed by atoms with van der Waals surface area (Å²) in [5.41, 5.74) is 3.95. The zero-order valence-corrected chi connectivity index (χ0v) is 16.6. The van der Waals surface area contributed by atoms with Gasteiger partial charge in [0.05, 0.1) is 32.2 Å². The molecule has 2 aromatic rings. The van der Waals surface area contributed by atoms with Gasteiger partial charge in [-0.1, -0.05) is 13.0 Å². The summed E-state index contributed by atoms with van der Waals surface area (Å²) in [6.45, 7) is 3.28. The Morgan fingerprint density at radius 3 is 2.90 bits per heavy atom. The number of carbonyl (C=O) groups excluding carboxylic acids is 2. The number of aromatic nitrogens is 1. The molecule has 0 radical (unpaired) electrons. The highest BCUT2D eigenvalue weighted by Crippen LogP contribution is 2.47. The lowest BCUT2D eigenvalue weighted by molar-refractivity contribution is -0.151. The van der Waals surface area contributed by atoms with Crippen LogP contribution >= 0.6 is 0 Å². The first kappa shape index (κ1) is 17.8. The lowest BCUT2D eigenvalue weighted by atomic mass is 9.83. The van der Waals surface area contributed by atoms with Gasteiger partial charge in [0.2, 0.25) is 0 Å². The molecule has 7 nitrogen and oxygen atoms in total. The second kappa shape index (κ2) is 6.14. The van der Waals surface area contributed by atoms with Crippen molar-refractivity contribution in [2.45, 2.75) is 25.4 Å². The van der Waals surface area contributed by atoms with Gasteiger partial charge in [0.25, 0.3) is 0 Å². The summed E-state index contributed by atoms with van der Waals surface area (Å²) in [4.78, 5) is 30.6. The van der Waals surface area contributed by atoms with Gasteiger partial charge in [-0.3, -0.25) is 0 Å². The van der Waals surface area contributed by atoms with E-state index in [0.29, 0.717) is 18.5 Å². The Hall–Kier alpha value is -3.22. The van der Waals surface area contributed by atoms with Crippen molar-refractivity contribution in [1.82, 2.24) is 9.88 Å². The molecule has 1 aromatic heterocycles. The third-order valence-corrected chi connectivity index (χ3v) is 6.28. The molecule has 4 heterocycles. The Morgan fingerprint density at radius 1 is 1.34 bits per heavy atom. The Morgan fingerprint density at radius 2 is 2.17 bits per heavy atom. The number of fused-ring (bicyclic) bond motifs is 6. The number of H-pyrrole nitrogens is 1. The van der Waals surface area contributed by atoms with Crippen molar-refractivity contribution in [3.63, 3.8) is 0 Å². The number of benzene rings is 1. The van der Waals surface area contributed by atoms with Crippen molar-refractivity contribution >= 4 is 28.5 Å². The van der Waals surface area contributed by atoms with E-state index in [2.05, 4.69) is 9.88 Å². The summed E-state index contributed by atoms with van der Waals surface area (Å²) in [6, 6.07) is 5.95. The second-order valence-electron chi connectivity index (χ2n) is 7.58. The lowest BCUT2D eigenvalue weighted by Crippen LogP contribution is -2.48. The molecule has 7 heteroatoms. The van der Waals surface area contributed by atoms with Gasteiger partial charge < -0.3 is 24.1 Å². The topological polar surface area (TPSA) is 80.9 Å². The van der Waals surface area contributed by atoms with E-state index >= 15 is 0 Å². The van der Waals surface area contributed by atoms with Crippen molar-refractivity contribution in [3.05, 3.63) is 46.7 Å². The standard InChI is InChI=1S/C22H22N2O5/c1-4-22-11-24-9-8-12-17-14(6-5-7-16(17)27-2)23-19(12)15(24)10-13(22)18(20(25)28-3)21(26)29-22/h5-7,10,23H,4,8-9,11H2,1-3H3. The van der Waals surface area contributed by atoms with Crippen molar-refractivity contribution in [3.8, 4) is 5.75 Å². The summed E-state index contributed by atoms with van der Waals surface area (Å²) < 4.78 is 16.2. The van der Waals surface area contributed by atoms with Crippen LogP contribution in [-0.2, 0) is 25.5 Å². The van der Waals surface area contributed by atoms with Gasteiger partial charge in [-0.15, -0.1) is 0 Å². The summed E-state index contributed by atoms with van der Waals surface area (Å²) in [5.74, 6) is -0.425. The summed E-state index contributed by atoms with van der Waals surface area (Å²) in [7, 11) is 2.95. The molecule has 150 valence electrons. The van der Waals surface area contributed by atoms with Crippen LogP contribution in [0.15, 0.2) is 35.4 Å². The van der Waals surface area contributed by atoms with Gasteiger partial charge in [0.15, 0.2) is 11.2 Å². The maximum Gasteiger partial charge on any atom is 0.346 e. The Balaban J connectivity index is 1.75. The summed E-state index contributed by atoms with van der Waals surface area (Å²) >= 11 is 0. The number of methoxy groups -OCH3 is 2. The Labute approximate surface area is 167 Å². The van der Waals surface area contributed by atoms with Crippen LogP contribution in [0.4, 0.5) is 0 Å². The van der Waals surface area contributed by atoms with E-state index in [1.54, 1.807) is 7.11 Å². The highest BCUT2D eigenvalue weighted by atomic mass is 16.6. The summed E-state index contributed by atoms with van der Waals surface area (Å²) in [5, 5.41) is 1.08. The number of nitrogens with one attached hydrogen (secondary N) is 1. The van der Waals surface area contributed by atoms with Crippen molar-refractivity contribution in [1.29, 1.82) is 0 Å². The minimum absolute atomic E-state index is 0.00214. The number of aromatic amines is 1. The third-order valence-electron chi connectivity index (χ3n) is 6.28. The van der Waals surface area contributed by atoms with Crippen LogP contribution in [-0.4, -0.2) is 54.7 Å². The molecular weight excluding hydrogens is 372 g/mol. The number of nitrogens with zero attached hydrogens (tertiary/aromatic N) is 1. The molecule has 1 atom stereocenters. The van der Waals surface area contributed by atoms with Crippen LogP contribution < -0.4 is 4.74 Å². The molecule has 0 aliphatic carbocycles. The summed E-state index contributed by atoms with van der Waals surface area (Å²) in [6.07, 6.45) is 3.36. The van der Waals surface area contributed by atoms with Gasteiger partial charge in [-0.05, 0) is 36.6 Å². The molecule has 0 spiro atoms. The molecule has 0 saturated carbocycles. The molecule has 0 bridgehead atoms. The van der Waals surface area contributed by atoms with Gasteiger partial charge in [-0.25, -0.2) is 9.59 Å². The average molecular weight is 394 g/mol. The van der Waals surface area contributed by atoms with Crippen LogP contribution in [0.25, 0.3) is 16.6 Å². The van der Waals surface area contributed by atoms with E-state index < -0.39 is 17.5 Å². The number of esters is 2. The van der Waals surface area contributed by atoms with E-state index in [4.69, 9.17) is 14.2 Å². The minimum Gasteiger partial charge on any atom is -0.496 e. The molecular formula is C22H22N2O5. The normalized spacial score (nSPS) is 22.7. The van der Waals surface area contributed by atoms with E-state index in [-0.39, 0.29) is 5.57 Å². The maximum atomic E-state index is 12.5. The van der Waals surface area contributed by atoms with E-state index in [9.17, 15) is 9.59 Å². The molecule has 1 N–H and O–H groups in total. The minimum atomic E-state index is -0.814. The number of carbonyl (C=O) groups is 2. The predicted molar refractivity (Wildman–Crippen MR) is 106 cm³/mol. The first-order valence-corrected chi connectivity index (χ1v) is 9.74. The maximum absolute atomic E-state index is 12.5. The van der Waals surface area contributed by atoms with Crippen LogP contribution in [0, 0.1) is 0 Å². The Kier molecular flexibility index (Phi) is 3.78. The third kappa shape index (κ3) is 2.30. The van der Waals surface area contributed by atoms with Crippen molar-refractivity contribution in [2.75, 3.05) is 27.3 Å². The van der Waals surface area contributed by atoms with Gasteiger partial charge in [0, 0.05) is 23.0 Å². The number of rotatable bonds is 3. The fraction of sp³-hybridized carbons (Fsp3) is 0.364. The molecule has 5 rings (SSSR count). The van der Waals surface area contributed by atoms with Crippen molar-refractivity contribution in [2.24, 2.45) is 0 Å². The monoisotopic (exact) mass is 394 g/mol. The molecule has 0 amide bonds. The first-order chi connectivity index (χ1) is 14.0. The predicted octanol–water partition coefficient (Wildman–Crippen LogP) is 2.56. The highest BCUT2D eigenvalue weighted by molar-refractivity contribution is 6.17. The van der Waals surface area contributed by atoms with E-state index in [0.717, 1.165) is 41.0 Å². The number of hydrogen-bond donors (Lipinski definition) is 1. The van der Waals surface area contributed by atoms with Gasteiger partial charge in [0.1, 0.15) is 5.75 Å². The van der Waals surface area contributed by atoms with Gasteiger partial charge in [-0.2, -0.15) is 0 Å². The highest BCUT2D eigenvalue weighted by Gasteiger charge is 2.52. The molecule has 3 aliphatic rings. The van der Waals surface area contributed by atoms with Gasteiger partial charge >= 0.3 is 11.9 Å². The second-order valence-corrected chi connectivity index (χ2v) is 7.58. The number of hydrogen-bond acceptors (Lipinski definition) is 6. The smallest absolute Gasteiger partial charge is 0.346 e. The van der Waals surface area contributed by atoms with Crippen LogP contribution in [0.2, 0.25) is 0 Å². The zero-order valence-electron chi connectivity index (χ0n) is 16.6. The fourth-order valence-electron chi connectivity index (χ4n) is 4.83. The van der Waals surface area contributed by atoms with Crippen LogP contribution in [0.5, 0.6) is 5.75 Å². The SMILES string of the molecule is CCC12CN3CCc4c([nH]c5cccc(OC)c45)C3=CC1=C(C(=O)OC)C(=O)O2. The molecule has 0 fully saturated rings. The quantitative estimate of drug-likeness (QED) is 0.637. The average Bonchev–Trinajstić information content (AvgIpc) is 3.26. The van der Waals surface area contributed by atoms with E-state index in [1.807, 2.05) is 31.2 Å². The molecule has 3 aliphatic heterocycles. The largest absolute Gasteiger partial charge is 0.496 e. The number of ether oxygens (including phenoxy) is 3. The molecule has 1 aromatic carbocycles. The van der Waals surface area contributed by atoms with E-state index in [1.165, 1.54) is 12.7 Å². The van der Waals surface area contributed by atoms with Crippen LogP contribution in [0.3, 0.4) is 0 Å². The molecule has 29 heavy (non-hydrogen) atoms. The zero-order chi connectivity index (χ0) is 20.3.